The van der Waals surface area contributed by atoms with Crippen molar-refractivity contribution in [1.29, 1.82) is 0 Å². The second-order valence-electron chi connectivity index (χ2n) is 5.44. The van der Waals surface area contributed by atoms with Crippen molar-refractivity contribution in [3.05, 3.63) is 0 Å². The number of carbonyl (C=O) groups is 1. The fourth-order valence-electron chi connectivity index (χ4n) is 2.79. The van der Waals surface area contributed by atoms with Crippen LogP contribution < -0.4 is 11.1 Å². The summed E-state index contributed by atoms with van der Waals surface area (Å²) in [7, 11) is 0. The SMILES string of the molecule is CCOC1CC(NC(=O)C2(N)CCCCC2)C1. The highest BCUT2D eigenvalue weighted by atomic mass is 16.5. The van der Waals surface area contributed by atoms with Gasteiger partial charge in [0, 0.05) is 12.6 Å². The number of nitrogens with two attached hydrogens (primary N) is 1. The van der Waals surface area contributed by atoms with E-state index in [0.717, 1.165) is 45.1 Å². The van der Waals surface area contributed by atoms with Gasteiger partial charge in [0.1, 0.15) is 0 Å². The number of ether oxygens (including phenoxy) is 1. The third-order valence-electron chi connectivity index (χ3n) is 4.03. The molecule has 0 aromatic heterocycles. The number of amides is 1. The molecule has 4 nitrogen and oxygen atoms in total. The Bertz CT molecular complexity index is 269. The highest BCUT2D eigenvalue weighted by Crippen LogP contribution is 2.28. The maximum atomic E-state index is 12.1. The van der Waals surface area contributed by atoms with Gasteiger partial charge in [-0.05, 0) is 32.6 Å². The number of hydrogen-bond acceptors (Lipinski definition) is 3. The molecule has 2 aliphatic carbocycles. The zero-order valence-corrected chi connectivity index (χ0v) is 10.7. The monoisotopic (exact) mass is 240 g/mol. The fourth-order valence-corrected chi connectivity index (χ4v) is 2.79. The molecule has 2 aliphatic rings. The molecule has 0 unspecified atom stereocenters. The normalized spacial score (nSPS) is 31.6. The van der Waals surface area contributed by atoms with Gasteiger partial charge < -0.3 is 15.8 Å². The van der Waals surface area contributed by atoms with E-state index in [-0.39, 0.29) is 11.9 Å². The first-order chi connectivity index (χ1) is 8.14. The van der Waals surface area contributed by atoms with Crippen LogP contribution in [0.5, 0.6) is 0 Å². The van der Waals surface area contributed by atoms with Crippen molar-refractivity contribution >= 4 is 5.91 Å². The number of carbonyl (C=O) groups excluding carboxylic acids is 1. The molecule has 0 bridgehead atoms. The smallest absolute Gasteiger partial charge is 0.240 e. The van der Waals surface area contributed by atoms with Crippen molar-refractivity contribution in [2.75, 3.05) is 6.61 Å². The van der Waals surface area contributed by atoms with Gasteiger partial charge in [0.15, 0.2) is 0 Å². The number of nitrogens with one attached hydrogen (secondary N) is 1. The average molecular weight is 240 g/mol. The summed E-state index contributed by atoms with van der Waals surface area (Å²) in [6, 6.07) is 0.279. The van der Waals surface area contributed by atoms with Crippen molar-refractivity contribution in [2.24, 2.45) is 5.73 Å². The number of hydrogen-bond donors (Lipinski definition) is 2. The van der Waals surface area contributed by atoms with Crippen LogP contribution in [0.3, 0.4) is 0 Å². The van der Waals surface area contributed by atoms with Gasteiger partial charge in [-0.15, -0.1) is 0 Å². The topological polar surface area (TPSA) is 64.3 Å². The molecule has 0 aromatic rings. The summed E-state index contributed by atoms with van der Waals surface area (Å²) in [5.74, 6) is 0.0529. The van der Waals surface area contributed by atoms with Crippen molar-refractivity contribution < 1.29 is 9.53 Å². The first-order valence-corrected chi connectivity index (χ1v) is 6.85. The van der Waals surface area contributed by atoms with Gasteiger partial charge >= 0.3 is 0 Å². The zero-order chi connectivity index (χ0) is 12.3. The molecule has 2 rings (SSSR count). The molecular formula is C13H24N2O2. The molecule has 0 aliphatic heterocycles. The van der Waals surface area contributed by atoms with E-state index in [1.165, 1.54) is 6.42 Å². The Kier molecular flexibility index (Phi) is 4.05. The van der Waals surface area contributed by atoms with E-state index in [9.17, 15) is 4.79 Å². The fraction of sp³-hybridized carbons (Fsp3) is 0.923. The van der Waals surface area contributed by atoms with Crippen LogP contribution in [0.2, 0.25) is 0 Å². The molecular weight excluding hydrogens is 216 g/mol. The molecule has 0 aromatic carbocycles. The first kappa shape index (κ1) is 12.8. The standard InChI is InChI=1S/C13H24N2O2/c1-2-17-11-8-10(9-11)15-12(16)13(14)6-4-3-5-7-13/h10-11H,2-9,14H2,1H3,(H,15,16). The molecule has 0 heterocycles. The first-order valence-electron chi connectivity index (χ1n) is 6.85. The molecule has 0 saturated heterocycles. The summed E-state index contributed by atoms with van der Waals surface area (Å²) in [6.45, 7) is 2.76. The molecule has 4 heteroatoms. The summed E-state index contributed by atoms with van der Waals surface area (Å²) in [4.78, 5) is 12.1. The molecule has 0 atom stereocenters. The summed E-state index contributed by atoms with van der Waals surface area (Å²) in [5.41, 5.74) is 5.58. The van der Waals surface area contributed by atoms with Crippen molar-refractivity contribution in [1.82, 2.24) is 5.32 Å². The highest BCUT2D eigenvalue weighted by Gasteiger charge is 2.38. The van der Waals surface area contributed by atoms with E-state index >= 15 is 0 Å². The van der Waals surface area contributed by atoms with Crippen LogP contribution >= 0.6 is 0 Å². The van der Waals surface area contributed by atoms with Crippen molar-refractivity contribution in [2.45, 2.75) is 69.6 Å². The Hall–Kier alpha value is -0.610. The quantitative estimate of drug-likeness (QED) is 0.779. The van der Waals surface area contributed by atoms with Crippen molar-refractivity contribution in [3.63, 3.8) is 0 Å². The lowest BCUT2D eigenvalue weighted by atomic mass is 9.80. The lowest BCUT2D eigenvalue weighted by Gasteiger charge is -2.39. The lowest BCUT2D eigenvalue weighted by molar-refractivity contribution is -0.130. The van der Waals surface area contributed by atoms with E-state index in [1.807, 2.05) is 6.92 Å². The Labute approximate surface area is 103 Å². The molecule has 0 radical (unpaired) electrons. The van der Waals surface area contributed by atoms with Crippen LogP contribution in [0, 0.1) is 0 Å². The minimum absolute atomic E-state index is 0.0529. The molecule has 2 saturated carbocycles. The zero-order valence-electron chi connectivity index (χ0n) is 10.7. The van der Waals surface area contributed by atoms with E-state index in [4.69, 9.17) is 10.5 Å². The second kappa shape index (κ2) is 5.36. The van der Waals surface area contributed by atoms with Crippen LogP contribution in [0.15, 0.2) is 0 Å². The van der Waals surface area contributed by atoms with E-state index in [1.54, 1.807) is 0 Å². The largest absolute Gasteiger partial charge is 0.378 e. The summed E-state index contributed by atoms with van der Waals surface area (Å²) in [6.07, 6.45) is 7.26. The molecule has 0 spiro atoms. The Morgan fingerprint density at radius 2 is 2.00 bits per heavy atom. The Balaban J connectivity index is 1.74. The Morgan fingerprint density at radius 3 is 2.59 bits per heavy atom. The predicted molar refractivity (Wildman–Crippen MR) is 66.6 cm³/mol. The highest BCUT2D eigenvalue weighted by molar-refractivity contribution is 5.86. The molecule has 2 fully saturated rings. The minimum atomic E-state index is -0.602. The van der Waals surface area contributed by atoms with Crippen LogP contribution in [0.1, 0.15) is 51.9 Å². The van der Waals surface area contributed by atoms with E-state index in [0.29, 0.717) is 6.10 Å². The maximum absolute atomic E-state index is 12.1. The van der Waals surface area contributed by atoms with Crippen LogP contribution in [0.4, 0.5) is 0 Å². The third-order valence-corrected chi connectivity index (χ3v) is 4.03. The molecule has 3 N–H and O–H groups in total. The van der Waals surface area contributed by atoms with Crippen LogP contribution in [0.25, 0.3) is 0 Å². The summed E-state index contributed by atoms with van der Waals surface area (Å²) in [5, 5.41) is 3.07. The third kappa shape index (κ3) is 2.99. The summed E-state index contributed by atoms with van der Waals surface area (Å²) >= 11 is 0. The van der Waals surface area contributed by atoms with Gasteiger partial charge in [-0.25, -0.2) is 0 Å². The molecule has 98 valence electrons. The van der Waals surface area contributed by atoms with E-state index in [2.05, 4.69) is 5.32 Å². The lowest BCUT2D eigenvalue weighted by Crippen LogP contribution is -2.59. The van der Waals surface area contributed by atoms with Gasteiger partial charge in [-0.1, -0.05) is 19.3 Å². The minimum Gasteiger partial charge on any atom is -0.378 e. The van der Waals surface area contributed by atoms with Gasteiger partial charge in [0.25, 0.3) is 0 Å². The summed E-state index contributed by atoms with van der Waals surface area (Å²) < 4.78 is 5.48. The van der Waals surface area contributed by atoms with Gasteiger partial charge in [-0.3, -0.25) is 4.79 Å². The number of rotatable bonds is 4. The van der Waals surface area contributed by atoms with Crippen molar-refractivity contribution in [3.8, 4) is 0 Å². The maximum Gasteiger partial charge on any atom is 0.240 e. The molecule has 17 heavy (non-hydrogen) atoms. The predicted octanol–water partition coefficient (Wildman–Crippen LogP) is 1.33. The van der Waals surface area contributed by atoms with Crippen LogP contribution in [-0.2, 0) is 9.53 Å². The van der Waals surface area contributed by atoms with E-state index < -0.39 is 5.54 Å². The Morgan fingerprint density at radius 1 is 1.35 bits per heavy atom. The van der Waals surface area contributed by atoms with Gasteiger partial charge in [0.05, 0.1) is 11.6 Å². The van der Waals surface area contributed by atoms with Crippen LogP contribution in [-0.4, -0.2) is 30.2 Å². The molecule has 1 amide bonds. The van der Waals surface area contributed by atoms with Gasteiger partial charge in [0.2, 0.25) is 5.91 Å². The average Bonchev–Trinajstić information content (AvgIpc) is 2.27. The second-order valence-corrected chi connectivity index (χ2v) is 5.44. The van der Waals surface area contributed by atoms with Gasteiger partial charge in [-0.2, -0.15) is 0 Å².